The van der Waals surface area contributed by atoms with Gasteiger partial charge in [-0.15, -0.1) is 0 Å². The van der Waals surface area contributed by atoms with Crippen molar-refractivity contribution in [3.8, 4) is 0 Å². The van der Waals surface area contributed by atoms with E-state index in [-0.39, 0.29) is 0 Å². The van der Waals surface area contributed by atoms with E-state index in [4.69, 9.17) is 14.6 Å². The zero-order chi connectivity index (χ0) is 10.0. The van der Waals surface area contributed by atoms with Crippen molar-refractivity contribution < 1.29 is 29.9 Å². The molecule has 13 heavy (non-hydrogen) atoms. The van der Waals surface area contributed by atoms with E-state index < -0.39 is 37.3 Å². The average Bonchev–Trinajstić information content (AvgIpc) is 2.15. The first kappa shape index (κ1) is 10.8. The Morgan fingerprint density at radius 3 is 2.23 bits per heavy atom. The Morgan fingerprint density at radius 1 is 1.15 bits per heavy atom. The summed E-state index contributed by atoms with van der Waals surface area (Å²) in [6.07, 6.45) is -5.91. The third-order valence-electron chi connectivity index (χ3n) is 2.08. The van der Waals surface area contributed by atoms with Crippen LogP contribution in [0.25, 0.3) is 0 Å². The Bertz CT molecular complexity index is 143. The maximum absolute atomic E-state index is 9.28. The normalized spacial score (nSPS) is 46.4. The van der Waals surface area contributed by atoms with Gasteiger partial charge in [-0.3, -0.25) is 0 Å². The lowest BCUT2D eigenvalue weighted by Crippen LogP contribution is -2.58. The molecule has 1 heterocycles. The highest BCUT2D eigenvalue weighted by molar-refractivity contribution is 4.88. The molecule has 0 amide bonds. The summed E-state index contributed by atoms with van der Waals surface area (Å²) in [5, 5.41) is 36.6. The second-order valence-corrected chi connectivity index (χ2v) is 2.93. The van der Waals surface area contributed by atoms with E-state index in [0.29, 0.717) is 0 Å². The second-order valence-electron chi connectivity index (χ2n) is 2.93. The zero-order valence-corrected chi connectivity index (χ0v) is 7.20. The van der Waals surface area contributed by atoms with Crippen LogP contribution in [0.1, 0.15) is 0 Å². The van der Waals surface area contributed by atoms with Crippen LogP contribution in [0.2, 0.25) is 0 Å². The van der Waals surface area contributed by atoms with Gasteiger partial charge < -0.3 is 29.9 Å². The molecule has 1 fully saturated rings. The van der Waals surface area contributed by atoms with Crippen molar-refractivity contribution >= 4 is 0 Å². The first-order chi connectivity index (χ1) is 6.11. The van der Waals surface area contributed by atoms with Crippen molar-refractivity contribution in [3.05, 3.63) is 0 Å². The number of hydrogen-bond donors (Lipinski definition) is 4. The molecule has 1 aliphatic rings. The molecule has 0 aliphatic carbocycles. The molecule has 0 saturated carbocycles. The molecule has 4 unspecified atom stereocenters. The molecule has 6 nitrogen and oxygen atoms in total. The van der Waals surface area contributed by atoms with E-state index in [1.165, 1.54) is 7.11 Å². The predicted molar refractivity (Wildman–Crippen MR) is 40.8 cm³/mol. The number of aliphatic hydroxyl groups is 4. The summed E-state index contributed by atoms with van der Waals surface area (Å²) in [5.74, 6) is 0. The molecule has 4 N–H and O–H groups in total. The van der Waals surface area contributed by atoms with E-state index in [0.717, 1.165) is 0 Å². The van der Waals surface area contributed by atoms with Crippen LogP contribution >= 0.6 is 0 Å². The maximum atomic E-state index is 9.28. The van der Waals surface area contributed by atoms with Crippen LogP contribution in [0.4, 0.5) is 0 Å². The van der Waals surface area contributed by atoms with Crippen molar-refractivity contribution in [1.82, 2.24) is 0 Å². The highest BCUT2D eigenvalue weighted by atomic mass is 16.7. The highest BCUT2D eigenvalue weighted by Crippen LogP contribution is 2.20. The summed E-state index contributed by atoms with van der Waals surface area (Å²) in [6, 6.07) is 0. The topological polar surface area (TPSA) is 99.4 Å². The van der Waals surface area contributed by atoms with E-state index in [1.807, 2.05) is 0 Å². The van der Waals surface area contributed by atoms with Crippen LogP contribution in [0.5, 0.6) is 0 Å². The first-order valence-electron chi connectivity index (χ1n) is 3.95. The van der Waals surface area contributed by atoms with Crippen LogP contribution in [0.3, 0.4) is 0 Å². The molecule has 0 radical (unpaired) electrons. The van der Waals surface area contributed by atoms with Gasteiger partial charge in [-0.1, -0.05) is 0 Å². The molecule has 1 aliphatic heterocycles. The van der Waals surface area contributed by atoms with Crippen molar-refractivity contribution in [2.75, 3.05) is 13.7 Å². The molecule has 0 aromatic heterocycles. The fourth-order valence-electron chi connectivity index (χ4n) is 1.26. The molecule has 1 saturated heterocycles. The van der Waals surface area contributed by atoms with Crippen LogP contribution in [0.15, 0.2) is 0 Å². The van der Waals surface area contributed by atoms with Crippen molar-refractivity contribution in [2.24, 2.45) is 0 Å². The van der Waals surface area contributed by atoms with E-state index >= 15 is 0 Å². The van der Waals surface area contributed by atoms with Crippen LogP contribution in [0, 0.1) is 0 Å². The molecule has 0 aromatic rings. The first-order valence-corrected chi connectivity index (χ1v) is 3.95. The number of aliphatic hydroxyl groups excluding tert-OH is 4. The lowest BCUT2D eigenvalue weighted by atomic mass is 9.99. The number of methoxy groups -OCH3 is 1. The molecule has 0 aromatic carbocycles. The molecule has 6 heteroatoms. The van der Waals surface area contributed by atoms with Gasteiger partial charge in [0.2, 0.25) is 0 Å². The average molecular weight is 194 g/mol. The summed E-state index contributed by atoms with van der Waals surface area (Å²) < 4.78 is 9.65. The Morgan fingerprint density at radius 2 is 1.77 bits per heavy atom. The number of hydrogen-bond acceptors (Lipinski definition) is 6. The Labute approximate surface area is 75.3 Å². The SMILES string of the molecule is COC1O[C@H](CO)C(O)C(O)C1O. The molecule has 5 atom stereocenters. The van der Waals surface area contributed by atoms with Gasteiger partial charge in [0.1, 0.15) is 24.4 Å². The fraction of sp³-hybridized carbons (Fsp3) is 1.00. The van der Waals surface area contributed by atoms with Gasteiger partial charge in [-0.05, 0) is 0 Å². The predicted octanol–water partition coefficient (Wildman–Crippen LogP) is -2.57. The third-order valence-corrected chi connectivity index (χ3v) is 2.08. The van der Waals surface area contributed by atoms with Gasteiger partial charge in [-0.25, -0.2) is 0 Å². The molecular formula is C7H14O6. The minimum Gasteiger partial charge on any atom is -0.394 e. The summed E-state index contributed by atoms with van der Waals surface area (Å²) in [7, 11) is 1.30. The minimum atomic E-state index is -1.36. The monoisotopic (exact) mass is 194 g/mol. The smallest absolute Gasteiger partial charge is 0.186 e. The maximum Gasteiger partial charge on any atom is 0.186 e. The van der Waals surface area contributed by atoms with Crippen molar-refractivity contribution in [3.63, 3.8) is 0 Å². The summed E-state index contributed by atoms with van der Waals surface area (Å²) in [4.78, 5) is 0. The third kappa shape index (κ3) is 1.98. The quantitative estimate of drug-likeness (QED) is 0.386. The fourth-order valence-corrected chi connectivity index (χ4v) is 1.26. The van der Waals surface area contributed by atoms with Gasteiger partial charge in [0, 0.05) is 7.11 Å². The summed E-state index contributed by atoms with van der Waals surface area (Å²) in [5.41, 5.74) is 0. The largest absolute Gasteiger partial charge is 0.394 e. The molecular weight excluding hydrogens is 180 g/mol. The summed E-state index contributed by atoms with van der Waals surface area (Å²) >= 11 is 0. The molecule has 0 spiro atoms. The molecule has 1 rings (SSSR count). The minimum absolute atomic E-state index is 0.440. The molecule has 0 bridgehead atoms. The van der Waals surface area contributed by atoms with Crippen LogP contribution < -0.4 is 0 Å². The second kappa shape index (κ2) is 4.32. The van der Waals surface area contributed by atoms with Gasteiger partial charge in [-0.2, -0.15) is 0 Å². The van der Waals surface area contributed by atoms with Gasteiger partial charge in [0.05, 0.1) is 6.61 Å². The Kier molecular flexibility index (Phi) is 3.60. The highest BCUT2D eigenvalue weighted by Gasteiger charge is 2.43. The Balaban J connectivity index is 2.66. The van der Waals surface area contributed by atoms with E-state index in [1.54, 1.807) is 0 Å². The van der Waals surface area contributed by atoms with E-state index in [2.05, 4.69) is 0 Å². The van der Waals surface area contributed by atoms with Crippen LogP contribution in [-0.4, -0.2) is 64.8 Å². The zero-order valence-electron chi connectivity index (χ0n) is 7.20. The lowest BCUT2D eigenvalue weighted by molar-refractivity contribution is -0.294. The lowest BCUT2D eigenvalue weighted by Gasteiger charge is -2.38. The molecule has 78 valence electrons. The van der Waals surface area contributed by atoms with Gasteiger partial charge >= 0.3 is 0 Å². The van der Waals surface area contributed by atoms with Crippen molar-refractivity contribution in [2.45, 2.75) is 30.7 Å². The summed E-state index contributed by atoms with van der Waals surface area (Å²) in [6.45, 7) is -0.440. The van der Waals surface area contributed by atoms with Crippen molar-refractivity contribution in [1.29, 1.82) is 0 Å². The number of rotatable bonds is 2. The standard InChI is InChI=1S/C7H14O6/c1-12-7-6(11)5(10)4(9)3(2-8)13-7/h3-11H,2H2,1H3/t3-,4?,5?,6?,7?/m1/s1. The van der Waals surface area contributed by atoms with Gasteiger partial charge in [0.15, 0.2) is 6.29 Å². The number of ether oxygens (including phenoxy) is 2. The Hall–Kier alpha value is -0.240. The van der Waals surface area contributed by atoms with Gasteiger partial charge in [0.25, 0.3) is 0 Å². The van der Waals surface area contributed by atoms with E-state index in [9.17, 15) is 15.3 Å². The van der Waals surface area contributed by atoms with Crippen LogP contribution in [-0.2, 0) is 9.47 Å².